The summed E-state index contributed by atoms with van der Waals surface area (Å²) in [4.78, 5) is 28.5. The van der Waals surface area contributed by atoms with Crippen LogP contribution in [0.4, 0.5) is 10.1 Å². The molecule has 2 aromatic rings. The molecule has 1 saturated carbocycles. The third kappa shape index (κ3) is 5.29. The minimum Gasteiger partial charge on any atom is -0.392 e. The molecule has 0 unspecified atom stereocenters. The normalized spacial score (nSPS) is 16.4. The summed E-state index contributed by atoms with van der Waals surface area (Å²) in [5, 5.41) is 12.6. The summed E-state index contributed by atoms with van der Waals surface area (Å²) in [6.07, 6.45) is 7.83. The number of hydrogen-bond acceptors (Lipinski definition) is 5. The Morgan fingerprint density at radius 3 is 2.62 bits per heavy atom. The molecule has 5 nitrogen and oxygen atoms in total. The molecule has 0 aromatic heterocycles. The standard InChI is InChI=1S/C28H33FN2O3/c1-30-26-14-22(29)11-20-12-25(28(34)15-24(20)26)27(33)13-19-9-8-18(17-32)10-21(19)16-31(2)23-6-4-3-5-7-23/h8-12,14,23,30,32H,3-7,13,15-17H2,1-2H3. The Morgan fingerprint density at radius 1 is 1.15 bits per heavy atom. The second kappa shape index (κ2) is 10.6. The van der Waals surface area contributed by atoms with E-state index >= 15 is 0 Å². The Morgan fingerprint density at radius 2 is 1.91 bits per heavy atom. The number of aliphatic hydroxyl groups is 1. The summed E-state index contributed by atoms with van der Waals surface area (Å²) >= 11 is 0. The molecule has 34 heavy (non-hydrogen) atoms. The van der Waals surface area contributed by atoms with E-state index in [0.29, 0.717) is 29.4 Å². The van der Waals surface area contributed by atoms with Gasteiger partial charge in [0.05, 0.1) is 12.2 Å². The average Bonchev–Trinajstić information content (AvgIpc) is 2.84. The van der Waals surface area contributed by atoms with Crippen molar-refractivity contribution in [1.82, 2.24) is 4.90 Å². The Balaban J connectivity index is 1.59. The SMILES string of the molecule is CNc1cc(F)cc2c1CC(=O)C(C(=O)Cc1ccc(CO)cc1CN(C)C1CCCCC1)=C2. The minimum absolute atomic E-state index is 0.0614. The molecule has 180 valence electrons. The van der Waals surface area contributed by atoms with Crippen LogP contribution in [0.2, 0.25) is 0 Å². The van der Waals surface area contributed by atoms with E-state index in [0.717, 1.165) is 16.7 Å². The lowest BCUT2D eigenvalue weighted by Crippen LogP contribution is -2.33. The fourth-order valence-corrected chi connectivity index (χ4v) is 5.22. The molecule has 2 aromatic carbocycles. The Hall–Kier alpha value is -2.83. The molecule has 0 radical (unpaired) electrons. The van der Waals surface area contributed by atoms with Gasteiger partial charge in [-0.15, -0.1) is 0 Å². The lowest BCUT2D eigenvalue weighted by atomic mass is 9.86. The van der Waals surface area contributed by atoms with Crippen LogP contribution in [0.15, 0.2) is 35.9 Å². The van der Waals surface area contributed by atoms with E-state index in [9.17, 15) is 19.1 Å². The van der Waals surface area contributed by atoms with Crippen molar-refractivity contribution in [3.63, 3.8) is 0 Å². The summed E-state index contributed by atoms with van der Waals surface area (Å²) in [6, 6.07) is 8.93. The number of nitrogens with zero attached hydrogens (tertiary/aromatic N) is 1. The molecule has 0 aliphatic heterocycles. The van der Waals surface area contributed by atoms with Crippen molar-refractivity contribution in [2.45, 2.75) is 64.1 Å². The van der Waals surface area contributed by atoms with Gasteiger partial charge in [-0.3, -0.25) is 14.5 Å². The van der Waals surface area contributed by atoms with Gasteiger partial charge in [-0.25, -0.2) is 4.39 Å². The van der Waals surface area contributed by atoms with Crippen LogP contribution in [0.1, 0.15) is 59.9 Å². The van der Waals surface area contributed by atoms with E-state index in [4.69, 9.17) is 0 Å². The van der Waals surface area contributed by atoms with Crippen LogP contribution >= 0.6 is 0 Å². The highest BCUT2D eigenvalue weighted by Gasteiger charge is 2.27. The van der Waals surface area contributed by atoms with Crippen molar-refractivity contribution in [1.29, 1.82) is 0 Å². The molecule has 0 spiro atoms. The van der Waals surface area contributed by atoms with E-state index in [1.54, 1.807) is 7.05 Å². The highest BCUT2D eigenvalue weighted by Crippen LogP contribution is 2.30. The topological polar surface area (TPSA) is 69.6 Å². The summed E-state index contributed by atoms with van der Waals surface area (Å²) in [6.45, 7) is 0.627. The lowest BCUT2D eigenvalue weighted by Gasteiger charge is -2.31. The van der Waals surface area contributed by atoms with Gasteiger partial charge in [-0.05, 0) is 65.9 Å². The number of aliphatic hydroxyl groups excluding tert-OH is 1. The number of nitrogens with one attached hydrogen (secondary N) is 1. The van der Waals surface area contributed by atoms with Gasteiger partial charge < -0.3 is 10.4 Å². The third-order valence-electron chi connectivity index (χ3n) is 7.18. The van der Waals surface area contributed by atoms with Crippen molar-refractivity contribution in [3.8, 4) is 0 Å². The van der Waals surface area contributed by atoms with Crippen LogP contribution in [0.25, 0.3) is 6.08 Å². The van der Waals surface area contributed by atoms with Crippen molar-refractivity contribution in [2.24, 2.45) is 0 Å². The summed E-state index contributed by atoms with van der Waals surface area (Å²) in [7, 11) is 3.80. The zero-order chi connectivity index (χ0) is 24.2. The van der Waals surface area contributed by atoms with Gasteiger partial charge in [0.15, 0.2) is 11.6 Å². The molecular formula is C28H33FN2O3. The lowest BCUT2D eigenvalue weighted by molar-refractivity contribution is -0.120. The van der Waals surface area contributed by atoms with Gasteiger partial charge in [-0.1, -0.05) is 37.5 Å². The molecular weight excluding hydrogens is 431 g/mol. The number of Topliss-reactive ketones (excluding diaryl/α,β-unsaturated/α-hetero) is 2. The first kappa shape index (κ1) is 24.3. The number of benzene rings is 2. The molecule has 2 aliphatic carbocycles. The van der Waals surface area contributed by atoms with Gasteiger partial charge in [-0.2, -0.15) is 0 Å². The molecule has 0 atom stereocenters. The zero-order valence-electron chi connectivity index (χ0n) is 20.0. The van der Waals surface area contributed by atoms with Gasteiger partial charge >= 0.3 is 0 Å². The number of hydrogen-bond donors (Lipinski definition) is 2. The molecule has 0 heterocycles. The summed E-state index contributed by atoms with van der Waals surface area (Å²) in [5.74, 6) is -0.911. The minimum atomic E-state index is -0.409. The highest BCUT2D eigenvalue weighted by atomic mass is 19.1. The van der Waals surface area contributed by atoms with E-state index < -0.39 is 5.82 Å². The fourth-order valence-electron chi connectivity index (χ4n) is 5.22. The second-order valence-electron chi connectivity index (χ2n) is 9.50. The molecule has 0 amide bonds. The van der Waals surface area contributed by atoms with Crippen LogP contribution in [0.5, 0.6) is 0 Å². The quantitative estimate of drug-likeness (QED) is 0.565. The fraction of sp³-hybridized carbons (Fsp3) is 0.429. The maximum Gasteiger partial charge on any atom is 0.170 e. The van der Waals surface area contributed by atoms with Crippen molar-refractivity contribution >= 4 is 23.3 Å². The van der Waals surface area contributed by atoms with Gasteiger partial charge in [0, 0.05) is 38.2 Å². The van der Waals surface area contributed by atoms with Crippen LogP contribution in [-0.2, 0) is 35.6 Å². The predicted octanol–water partition coefficient (Wildman–Crippen LogP) is 4.44. The number of anilines is 1. The molecule has 1 fully saturated rings. The number of rotatable bonds is 8. The summed E-state index contributed by atoms with van der Waals surface area (Å²) in [5.41, 5.74) is 4.64. The smallest absolute Gasteiger partial charge is 0.170 e. The highest BCUT2D eigenvalue weighted by molar-refractivity contribution is 6.25. The van der Waals surface area contributed by atoms with Crippen LogP contribution in [0.3, 0.4) is 0 Å². The monoisotopic (exact) mass is 464 g/mol. The predicted molar refractivity (Wildman–Crippen MR) is 132 cm³/mol. The van der Waals surface area contributed by atoms with Gasteiger partial charge in [0.2, 0.25) is 0 Å². The average molecular weight is 465 g/mol. The first-order valence-electron chi connectivity index (χ1n) is 12.1. The maximum absolute atomic E-state index is 14.0. The van der Waals surface area contributed by atoms with E-state index in [1.165, 1.54) is 50.3 Å². The molecule has 2 aliphatic rings. The van der Waals surface area contributed by atoms with Gasteiger partial charge in [0.25, 0.3) is 0 Å². The Bertz CT molecular complexity index is 1120. The van der Waals surface area contributed by atoms with Crippen molar-refractivity contribution in [3.05, 3.63) is 69.5 Å². The number of halogens is 1. The van der Waals surface area contributed by atoms with Crippen molar-refractivity contribution in [2.75, 3.05) is 19.4 Å². The largest absolute Gasteiger partial charge is 0.392 e. The van der Waals surface area contributed by atoms with Crippen LogP contribution in [0, 0.1) is 5.82 Å². The molecule has 0 saturated heterocycles. The summed E-state index contributed by atoms with van der Waals surface area (Å²) < 4.78 is 14.0. The maximum atomic E-state index is 14.0. The van der Waals surface area contributed by atoms with Crippen LogP contribution < -0.4 is 5.32 Å². The Labute approximate surface area is 200 Å². The number of fused-ring (bicyclic) bond motifs is 1. The second-order valence-corrected chi connectivity index (χ2v) is 9.50. The third-order valence-corrected chi connectivity index (χ3v) is 7.18. The number of ketones is 2. The molecule has 6 heteroatoms. The van der Waals surface area contributed by atoms with E-state index in [-0.39, 0.29) is 36.6 Å². The Kier molecular flexibility index (Phi) is 7.59. The first-order valence-corrected chi connectivity index (χ1v) is 12.1. The van der Waals surface area contributed by atoms with Crippen LogP contribution in [-0.4, -0.2) is 41.7 Å². The molecule has 0 bridgehead atoms. The number of allylic oxidation sites excluding steroid dienone is 1. The first-order chi connectivity index (χ1) is 16.4. The van der Waals surface area contributed by atoms with E-state index in [2.05, 4.69) is 17.3 Å². The number of carbonyl (C=O) groups excluding carboxylic acids is 2. The van der Waals surface area contributed by atoms with E-state index in [1.807, 2.05) is 18.2 Å². The zero-order valence-corrected chi connectivity index (χ0v) is 20.0. The molecule has 2 N–H and O–H groups in total. The van der Waals surface area contributed by atoms with Gasteiger partial charge in [0.1, 0.15) is 5.82 Å². The number of carbonyl (C=O) groups is 2. The van der Waals surface area contributed by atoms with Crippen molar-refractivity contribution < 1.29 is 19.1 Å². The molecule has 4 rings (SSSR count).